The molecule has 0 fully saturated rings. The van der Waals surface area contributed by atoms with Gasteiger partial charge in [-0.1, -0.05) is 0 Å². The van der Waals surface area contributed by atoms with Crippen LogP contribution in [0, 0.1) is 0 Å². The van der Waals surface area contributed by atoms with Gasteiger partial charge in [-0.3, -0.25) is 4.79 Å². The number of methoxy groups -OCH3 is 1. The molecule has 2 aromatic rings. The molecule has 0 aliphatic heterocycles. The number of benzene rings is 1. The molecule has 16 heavy (non-hydrogen) atoms. The first kappa shape index (κ1) is 10.7. The van der Waals surface area contributed by atoms with Gasteiger partial charge in [-0.2, -0.15) is 0 Å². The molecule has 84 valence electrons. The zero-order valence-electron chi connectivity index (χ0n) is 8.90. The molecule has 0 unspecified atom stereocenters. The average molecular weight is 220 g/mol. The number of furan rings is 1. The van der Waals surface area contributed by atoms with Gasteiger partial charge in [-0.05, 0) is 18.6 Å². The first-order chi connectivity index (χ1) is 7.81. The van der Waals surface area contributed by atoms with Crippen molar-refractivity contribution in [3.8, 4) is 5.75 Å². The third-order valence-electron chi connectivity index (χ3n) is 2.52. The van der Waals surface area contributed by atoms with Crippen molar-refractivity contribution in [2.24, 2.45) is 0 Å². The third kappa shape index (κ3) is 1.57. The molecule has 0 radical (unpaired) electrons. The smallest absolute Gasteiger partial charge is 0.176 e. The van der Waals surface area contributed by atoms with Crippen molar-refractivity contribution in [2.45, 2.75) is 6.42 Å². The molecule has 0 aliphatic carbocycles. The van der Waals surface area contributed by atoms with Crippen molar-refractivity contribution < 1.29 is 19.1 Å². The summed E-state index contributed by atoms with van der Waals surface area (Å²) in [6.45, 7) is 0.0180. The van der Waals surface area contributed by atoms with E-state index in [9.17, 15) is 4.79 Å². The van der Waals surface area contributed by atoms with Gasteiger partial charge < -0.3 is 14.3 Å². The van der Waals surface area contributed by atoms with Crippen molar-refractivity contribution in [1.82, 2.24) is 0 Å². The van der Waals surface area contributed by atoms with Crippen LogP contribution in [-0.2, 0) is 6.42 Å². The number of carbonyl (C=O) groups is 1. The molecule has 1 aromatic carbocycles. The van der Waals surface area contributed by atoms with Gasteiger partial charge in [-0.15, -0.1) is 0 Å². The van der Waals surface area contributed by atoms with E-state index in [-0.39, 0.29) is 6.61 Å². The molecule has 0 aliphatic rings. The van der Waals surface area contributed by atoms with Crippen LogP contribution in [-0.4, -0.2) is 25.1 Å². The van der Waals surface area contributed by atoms with Crippen LogP contribution in [0.4, 0.5) is 0 Å². The summed E-state index contributed by atoms with van der Waals surface area (Å²) in [5.41, 5.74) is 1.92. The molecule has 4 nitrogen and oxygen atoms in total. The highest BCUT2D eigenvalue weighted by molar-refractivity contribution is 6.00. The molecular weight excluding hydrogens is 208 g/mol. The van der Waals surface area contributed by atoms with E-state index in [2.05, 4.69) is 0 Å². The van der Waals surface area contributed by atoms with Crippen LogP contribution in [0.2, 0.25) is 0 Å². The number of aliphatic hydroxyl groups excluding tert-OH is 1. The van der Waals surface area contributed by atoms with E-state index in [0.717, 1.165) is 17.2 Å². The molecule has 2 rings (SSSR count). The van der Waals surface area contributed by atoms with Crippen molar-refractivity contribution in [3.05, 3.63) is 29.5 Å². The summed E-state index contributed by atoms with van der Waals surface area (Å²) in [5.74, 6) is 0.588. The van der Waals surface area contributed by atoms with Gasteiger partial charge in [0.15, 0.2) is 17.6 Å². The van der Waals surface area contributed by atoms with E-state index in [1.807, 2.05) is 0 Å². The van der Waals surface area contributed by atoms with Crippen molar-refractivity contribution in [1.29, 1.82) is 0 Å². The lowest BCUT2D eigenvalue weighted by Crippen LogP contribution is -1.92. The van der Waals surface area contributed by atoms with E-state index in [0.29, 0.717) is 23.3 Å². The molecule has 1 aromatic heterocycles. The lowest BCUT2D eigenvalue weighted by Gasteiger charge is -2.02. The molecule has 0 saturated heterocycles. The minimum atomic E-state index is 0.0180. The lowest BCUT2D eigenvalue weighted by molar-refractivity contribution is 0.112. The van der Waals surface area contributed by atoms with Gasteiger partial charge in [0.05, 0.1) is 13.4 Å². The Morgan fingerprint density at radius 3 is 2.94 bits per heavy atom. The molecule has 1 heterocycles. The molecule has 0 saturated carbocycles. The van der Waals surface area contributed by atoms with Gasteiger partial charge in [0.2, 0.25) is 0 Å². The first-order valence-corrected chi connectivity index (χ1v) is 4.95. The normalized spacial score (nSPS) is 10.6. The minimum absolute atomic E-state index is 0.0180. The zero-order chi connectivity index (χ0) is 11.5. The number of aliphatic hydroxyl groups is 1. The highest BCUT2D eigenvalue weighted by atomic mass is 16.5. The standard InChI is InChI=1S/C12H12O4/c1-15-10-3-2-8(6-14)11-9(4-5-13)7-16-12(10)11/h2-3,6-7,13H,4-5H2,1H3. The average Bonchev–Trinajstić information content (AvgIpc) is 2.73. The predicted octanol–water partition coefficient (Wildman–Crippen LogP) is 1.79. The topological polar surface area (TPSA) is 59.7 Å². The second kappa shape index (κ2) is 4.37. The molecule has 0 spiro atoms. The van der Waals surface area contributed by atoms with Gasteiger partial charge in [0, 0.05) is 23.1 Å². The molecule has 0 atom stereocenters. The Morgan fingerprint density at radius 1 is 1.50 bits per heavy atom. The first-order valence-electron chi connectivity index (χ1n) is 4.95. The summed E-state index contributed by atoms with van der Waals surface area (Å²) >= 11 is 0. The van der Waals surface area contributed by atoms with Gasteiger partial charge in [0.25, 0.3) is 0 Å². The van der Waals surface area contributed by atoms with Crippen LogP contribution in [0.1, 0.15) is 15.9 Å². The Balaban J connectivity index is 2.72. The fourth-order valence-corrected chi connectivity index (χ4v) is 1.78. The fraction of sp³-hybridized carbons (Fsp3) is 0.250. The van der Waals surface area contributed by atoms with Crippen LogP contribution in [0.25, 0.3) is 11.0 Å². The minimum Gasteiger partial charge on any atom is -0.493 e. The Bertz CT molecular complexity index is 513. The largest absolute Gasteiger partial charge is 0.493 e. The third-order valence-corrected chi connectivity index (χ3v) is 2.52. The summed E-state index contributed by atoms with van der Waals surface area (Å²) in [5, 5.41) is 9.65. The Hall–Kier alpha value is -1.81. The van der Waals surface area contributed by atoms with Gasteiger partial charge in [-0.25, -0.2) is 0 Å². The van der Waals surface area contributed by atoms with E-state index in [1.54, 1.807) is 25.5 Å². The number of hydrogen-bond acceptors (Lipinski definition) is 4. The number of rotatable bonds is 4. The SMILES string of the molecule is COc1ccc(C=O)c2c(CCO)coc12. The number of ether oxygens (including phenoxy) is 1. The van der Waals surface area contributed by atoms with Gasteiger partial charge in [0.1, 0.15) is 0 Å². The van der Waals surface area contributed by atoms with Crippen molar-refractivity contribution in [2.75, 3.05) is 13.7 Å². The van der Waals surface area contributed by atoms with E-state index in [1.165, 1.54) is 0 Å². The van der Waals surface area contributed by atoms with Crippen LogP contribution in [0.5, 0.6) is 5.75 Å². The van der Waals surface area contributed by atoms with E-state index >= 15 is 0 Å². The van der Waals surface area contributed by atoms with Crippen LogP contribution in [0.15, 0.2) is 22.8 Å². The quantitative estimate of drug-likeness (QED) is 0.798. The predicted molar refractivity (Wildman–Crippen MR) is 58.9 cm³/mol. The monoisotopic (exact) mass is 220 g/mol. The van der Waals surface area contributed by atoms with Crippen LogP contribution in [0.3, 0.4) is 0 Å². The molecule has 0 amide bonds. The van der Waals surface area contributed by atoms with E-state index < -0.39 is 0 Å². The summed E-state index contributed by atoms with van der Waals surface area (Å²) in [7, 11) is 1.55. The molecule has 1 N–H and O–H groups in total. The van der Waals surface area contributed by atoms with Crippen molar-refractivity contribution >= 4 is 17.3 Å². The Kier molecular flexibility index (Phi) is 2.92. The number of fused-ring (bicyclic) bond motifs is 1. The maximum absolute atomic E-state index is 10.9. The summed E-state index contributed by atoms with van der Waals surface area (Å²) in [4.78, 5) is 10.9. The van der Waals surface area contributed by atoms with Crippen molar-refractivity contribution in [3.63, 3.8) is 0 Å². The molecule has 0 bridgehead atoms. The maximum atomic E-state index is 10.9. The highest BCUT2D eigenvalue weighted by Gasteiger charge is 2.14. The highest BCUT2D eigenvalue weighted by Crippen LogP contribution is 2.32. The zero-order valence-corrected chi connectivity index (χ0v) is 8.90. The van der Waals surface area contributed by atoms with Gasteiger partial charge >= 0.3 is 0 Å². The fourth-order valence-electron chi connectivity index (χ4n) is 1.78. The number of carbonyl (C=O) groups excluding carboxylic acids is 1. The Labute approximate surface area is 92.4 Å². The summed E-state index contributed by atoms with van der Waals surface area (Å²) in [6.07, 6.45) is 2.79. The van der Waals surface area contributed by atoms with E-state index in [4.69, 9.17) is 14.3 Å². The second-order valence-electron chi connectivity index (χ2n) is 3.41. The number of aldehydes is 1. The van der Waals surface area contributed by atoms with Crippen LogP contribution < -0.4 is 4.74 Å². The Morgan fingerprint density at radius 2 is 2.31 bits per heavy atom. The second-order valence-corrected chi connectivity index (χ2v) is 3.41. The molecular formula is C12H12O4. The summed E-state index contributed by atoms with van der Waals surface area (Å²) < 4.78 is 10.5. The lowest BCUT2D eigenvalue weighted by atomic mass is 10.1. The summed E-state index contributed by atoms with van der Waals surface area (Å²) in [6, 6.07) is 3.38. The number of hydrogen-bond donors (Lipinski definition) is 1. The van der Waals surface area contributed by atoms with Crippen LogP contribution >= 0.6 is 0 Å². The molecule has 4 heteroatoms. The maximum Gasteiger partial charge on any atom is 0.176 e.